The third-order valence-electron chi connectivity index (χ3n) is 6.37. The Bertz CT molecular complexity index is 1500. The fourth-order valence-electron chi connectivity index (χ4n) is 4.49. The predicted octanol–water partition coefficient (Wildman–Crippen LogP) is 5.25. The van der Waals surface area contributed by atoms with E-state index in [0.29, 0.717) is 23.8 Å². The number of ether oxygens (including phenoxy) is 3. The average Bonchev–Trinajstić information content (AvgIpc) is 3.42. The summed E-state index contributed by atoms with van der Waals surface area (Å²) in [6, 6.07) is 19.5. The highest BCUT2D eigenvalue weighted by Crippen LogP contribution is 2.45. The Morgan fingerprint density at radius 2 is 1.73 bits per heavy atom. The Morgan fingerprint density at radius 1 is 0.973 bits per heavy atom. The number of benzene rings is 3. The van der Waals surface area contributed by atoms with Gasteiger partial charge in [-0.2, -0.15) is 0 Å². The molecule has 1 atom stereocenters. The predicted molar refractivity (Wildman–Crippen MR) is 146 cm³/mol. The van der Waals surface area contributed by atoms with Crippen LogP contribution in [0.2, 0.25) is 0 Å². The number of H-pyrrole nitrogens is 1. The molecule has 0 saturated heterocycles. The quantitative estimate of drug-likeness (QED) is 0.224. The molecular formula is C30H29N3O4. The highest BCUT2D eigenvalue weighted by Gasteiger charge is 2.31. The Hall–Kier alpha value is -4.41. The van der Waals surface area contributed by atoms with Crippen molar-refractivity contribution in [1.82, 2.24) is 9.88 Å². The van der Waals surface area contributed by atoms with Gasteiger partial charge in [-0.3, -0.25) is 0 Å². The summed E-state index contributed by atoms with van der Waals surface area (Å²) in [6.45, 7) is 1.39. The Balaban J connectivity index is 1.62. The minimum Gasteiger partial charge on any atom is -0.493 e. The molecule has 1 aromatic heterocycles. The zero-order chi connectivity index (χ0) is 25.9. The van der Waals surface area contributed by atoms with E-state index in [-0.39, 0.29) is 0 Å². The molecule has 0 amide bonds. The first-order valence-electron chi connectivity index (χ1n) is 12.0. The van der Waals surface area contributed by atoms with E-state index in [1.807, 2.05) is 74.8 Å². The highest BCUT2D eigenvalue weighted by atomic mass is 16.6. The molecule has 1 aliphatic rings. The molecule has 1 heterocycles. The number of nitrogens with zero attached hydrogens (tertiary/aromatic N) is 2. The van der Waals surface area contributed by atoms with Crippen molar-refractivity contribution in [3.05, 3.63) is 77.4 Å². The number of hydrogen-bond acceptors (Lipinski definition) is 6. The SMILES string of the molecule is C#CC(O/N=C1\c2cc(OCCN(C)C)ccc2-c2[nH]c3cc(OC)c(OC)cc3c21)c1ccccc1. The van der Waals surface area contributed by atoms with Crippen molar-refractivity contribution in [3.8, 4) is 40.8 Å². The number of oxime groups is 1. The van der Waals surface area contributed by atoms with E-state index in [1.54, 1.807) is 14.2 Å². The third-order valence-corrected chi connectivity index (χ3v) is 6.37. The monoisotopic (exact) mass is 495 g/mol. The van der Waals surface area contributed by atoms with Crippen molar-refractivity contribution in [2.75, 3.05) is 41.5 Å². The van der Waals surface area contributed by atoms with Gasteiger partial charge in [0.2, 0.25) is 6.10 Å². The summed E-state index contributed by atoms with van der Waals surface area (Å²) in [7, 11) is 7.28. The van der Waals surface area contributed by atoms with Crippen LogP contribution in [0.5, 0.6) is 17.2 Å². The summed E-state index contributed by atoms with van der Waals surface area (Å²) in [6.07, 6.45) is 5.19. The van der Waals surface area contributed by atoms with Gasteiger partial charge in [0.1, 0.15) is 18.1 Å². The van der Waals surface area contributed by atoms with E-state index < -0.39 is 6.10 Å². The number of methoxy groups -OCH3 is 2. The summed E-state index contributed by atoms with van der Waals surface area (Å²) in [5, 5.41) is 5.58. The number of nitrogens with one attached hydrogen (secondary N) is 1. The van der Waals surface area contributed by atoms with Crippen molar-refractivity contribution in [2.24, 2.45) is 5.16 Å². The maximum atomic E-state index is 6.02. The van der Waals surface area contributed by atoms with Crippen molar-refractivity contribution in [2.45, 2.75) is 6.10 Å². The third kappa shape index (κ3) is 4.59. The zero-order valence-electron chi connectivity index (χ0n) is 21.4. The molecule has 0 radical (unpaired) electrons. The lowest BCUT2D eigenvalue weighted by molar-refractivity contribution is 0.100. The lowest BCUT2D eigenvalue weighted by Gasteiger charge is -2.13. The van der Waals surface area contributed by atoms with Crippen molar-refractivity contribution in [3.63, 3.8) is 0 Å². The molecule has 1 unspecified atom stereocenters. The van der Waals surface area contributed by atoms with Gasteiger partial charge >= 0.3 is 0 Å². The number of likely N-dealkylation sites (N-methyl/N-ethyl adjacent to an activating group) is 1. The Morgan fingerprint density at radius 3 is 2.43 bits per heavy atom. The van der Waals surface area contributed by atoms with Crippen LogP contribution in [-0.4, -0.2) is 57.1 Å². The summed E-state index contributed by atoms with van der Waals surface area (Å²) in [5.74, 6) is 4.74. The molecule has 7 heteroatoms. The van der Waals surface area contributed by atoms with Crippen LogP contribution in [0.3, 0.4) is 0 Å². The van der Waals surface area contributed by atoms with E-state index in [4.69, 9.17) is 25.5 Å². The van der Waals surface area contributed by atoms with Crippen LogP contribution >= 0.6 is 0 Å². The Labute approximate surface area is 216 Å². The minimum absolute atomic E-state index is 0.577. The molecule has 0 aliphatic heterocycles. The number of fused-ring (bicyclic) bond motifs is 5. The van der Waals surface area contributed by atoms with E-state index >= 15 is 0 Å². The normalized spacial score (nSPS) is 13.8. The van der Waals surface area contributed by atoms with Gasteiger partial charge in [-0.25, -0.2) is 0 Å². The van der Waals surface area contributed by atoms with Crippen molar-refractivity contribution < 1.29 is 19.0 Å². The van der Waals surface area contributed by atoms with Gasteiger partial charge in [-0.1, -0.05) is 41.4 Å². The van der Waals surface area contributed by atoms with Crippen LogP contribution in [0.4, 0.5) is 0 Å². The smallest absolute Gasteiger partial charge is 0.212 e. The lowest BCUT2D eigenvalue weighted by Crippen LogP contribution is -2.19. The van der Waals surface area contributed by atoms with Gasteiger partial charge in [0.25, 0.3) is 0 Å². The molecule has 0 bridgehead atoms. The number of hydrogen-bond donors (Lipinski definition) is 1. The van der Waals surface area contributed by atoms with Crippen LogP contribution in [0.15, 0.2) is 65.8 Å². The van der Waals surface area contributed by atoms with Crippen molar-refractivity contribution in [1.29, 1.82) is 0 Å². The molecule has 188 valence electrons. The van der Waals surface area contributed by atoms with Gasteiger partial charge in [0.15, 0.2) is 11.5 Å². The lowest BCUT2D eigenvalue weighted by atomic mass is 10.1. The van der Waals surface area contributed by atoms with Crippen LogP contribution in [0, 0.1) is 12.3 Å². The molecule has 0 fully saturated rings. The maximum Gasteiger partial charge on any atom is 0.212 e. The minimum atomic E-state index is -0.624. The second-order valence-electron chi connectivity index (χ2n) is 8.99. The topological polar surface area (TPSA) is 68.3 Å². The fraction of sp³-hybridized carbons (Fsp3) is 0.233. The molecule has 37 heavy (non-hydrogen) atoms. The van der Waals surface area contributed by atoms with Crippen LogP contribution < -0.4 is 14.2 Å². The van der Waals surface area contributed by atoms with Gasteiger partial charge in [-0.15, -0.1) is 6.42 Å². The first-order chi connectivity index (χ1) is 18.0. The molecule has 1 N–H and O–H groups in total. The molecule has 1 aliphatic carbocycles. The van der Waals surface area contributed by atoms with E-state index in [9.17, 15) is 0 Å². The summed E-state index contributed by atoms with van der Waals surface area (Å²) < 4.78 is 17.1. The number of rotatable bonds is 9. The first kappa shape index (κ1) is 24.3. The van der Waals surface area contributed by atoms with E-state index in [2.05, 4.69) is 21.0 Å². The number of aromatic nitrogens is 1. The maximum absolute atomic E-state index is 6.02. The van der Waals surface area contributed by atoms with E-state index in [0.717, 1.165) is 51.1 Å². The standard InChI is InChI=1S/C30H29N3O4/c1-6-25(19-10-8-7-9-11-19)37-32-30-22-16-20(36-15-14-33(2)3)12-13-21(22)29-28(30)23-17-26(34-4)27(35-5)18-24(23)31-29/h1,7-13,16-18,25,31H,14-15H2,2-5H3/b32-30+. The van der Waals surface area contributed by atoms with Crippen LogP contribution in [-0.2, 0) is 4.84 Å². The molecule has 3 aromatic carbocycles. The van der Waals surface area contributed by atoms with Gasteiger partial charge in [-0.05, 0) is 38.4 Å². The van der Waals surface area contributed by atoms with Gasteiger partial charge < -0.3 is 28.9 Å². The zero-order valence-corrected chi connectivity index (χ0v) is 21.4. The molecule has 4 aromatic rings. The molecular weight excluding hydrogens is 466 g/mol. The first-order valence-corrected chi connectivity index (χ1v) is 12.0. The second-order valence-corrected chi connectivity index (χ2v) is 8.99. The molecule has 7 nitrogen and oxygen atoms in total. The van der Waals surface area contributed by atoms with E-state index in [1.165, 1.54) is 0 Å². The Kier molecular flexibility index (Phi) is 6.76. The summed E-state index contributed by atoms with van der Waals surface area (Å²) in [5.41, 5.74) is 6.22. The molecule has 5 rings (SSSR count). The van der Waals surface area contributed by atoms with Gasteiger partial charge in [0.05, 0.1) is 25.4 Å². The number of terminal acetylenes is 1. The van der Waals surface area contributed by atoms with Crippen LogP contribution in [0.1, 0.15) is 22.8 Å². The molecule has 0 saturated carbocycles. The average molecular weight is 496 g/mol. The van der Waals surface area contributed by atoms with Crippen molar-refractivity contribution >= 4 is 16.6 Å². The van der Waals surface area contributed by atoms with Gasteiger partial charge in [0, 0.05) is 40.3 Å². The number of aromatic amines is 1. The highest BCUT2D eigenvalue weighted by molar-refractivity contribution is 6.30. The fourth-order valence-corrected chi connectivity index (χ4v) is 4.49. The second kappa shape index (κ2) is 10.3. The molecule has 0 spiro atoms. The summed E-state index contributed by atoms with van der Waals surface area (Å²) in [4.78, 5) is 11.6. The summed E-state index contributed by atoms with van der Waals surface area (Å²) >= 11 is 0. The van der Waals surface area contributed by atoms with Crippen LogP contribution in [0.25, 0.3) is 22.2 Å². The largest absolute Gasteiger partial charge is 0.493 e.